The minimum absolute atomic E-state index is 0.256. The Morgan fingerprint density at radius 2 is 2.09 bits per heavy atom. The number of nitrogens with two attached hydrogens (primary N) is 1. The maximum absolute atomic E-state index is 10.8. The van der Waals surface area contributed by atoms with Crippen LogP contribution in [0.25, 0.3) is 0 Å². The number of imide groups is 1. The first-order valence-corrected chi connectivity index (χ1v) is 3.29. The minimum Gasteiger partial charge on any atom is -0.451 e. The summed E-state index contributed by atoms with van der Waals surface area (Å²) in [5.41, 5.74) is 0. The van der Waals surface area contributed by atoms with E-state index in [2.05, 4.69) is 4.74 Å². The topological polar surface area (TPSA) is 72.6 Å². The van der Waals surface area contributed by atoms with Crippen molar-refractivity contribution in [2.24, 2.45) is 5.84 Å². The van der Waals surface area contributed by atoms with Gasteiger partial charge >= 0.3 is 6.09 Å². The number of carbonyl (C=O) groups excluding carboxylic acids is 2. The second kappa shape index (κ2) is 4.68. The molecule has 0 saturated heterocycles. The second-order valence-electron chi connectivity index (χ2n) is 1.98. The van der Waals surface area contributed by atoms with E-state index >= 15 is 0 Å². The standard InChI is InChI=1S/C6H12N2O3/c1-3-4-5(9)8(7)6(10)11-2/h3-4,7H2,1-2H3. The summed E-state index contributed by atoms with van der Waals surface area (Å²) in [4.78, 5) is 21.4. The van der Waals surface area contributed by atoms with Crippen LogP contribution >= 0.6 is 0 Å². The van der Waals surface area contributed by atoms with Crippen molar-refractivity contribution >= 4 is 12.0 Å². The average molecular weight is 160 g/mol. The zero-order valence-electron chi connectivity index (χ0n) is 6.66. The molecule has 2 amide bonds. The molecule has 0 unspecified atom stereocenters. The van der Waals surface area contributed by atoms with Gasteiger partial charge in [0.2, 0.25) is 5.91 Å². The molecule has 0 rings (SSSR count). The molecule has 0 aliphatic rings. The highest BCUT2D eigenvalue weighted by Crippen LogP contribution is 1.93. The van der Waals surface area contributed by atoms with Crippen molar-refractivity contribution < 1.29 is 14.3 Å². The van der Waals surface area contributed by atoms with Gasteiger partial charge in [-0.3, -0.25) is 4.79 Å². The molecule has 11 heavy (non-hydrogen) atoms. The largest absolute Gasteiger partial charge is 0.451 e. The number of carbonyl (C=O) groups is 2. The summed E-state index contributed by atoms with van der Waals surface area (Å²) in [6.45, 7) is 1.82. The van der Waals surface area contributed by atoms with E-state index in [-0.39, 0.29) is 6.42 Å². The molecule has 0 fully saturated rings. The predicted octanol–water partition coefficient (Wildman–Crippen LogP) is 0.255. The highest BCUT2D eigenvalue weighted by atomic mass is 16.5. The molecule has 0 aromatic rings. The van der Waals surface area contributed by atoms with Crippen LogP contribution in [0.5, 0.6) is 0 Å². The summed E-state index contributed by atoms with van der Waals surface area (Å²) >= 11 is 0. The third kappa shape index (κ3) is 2.99. The van der Waals surface area contributed by atoms with Crippen molar-refractivity contribution in [3.05, 3.63) is 0 Å². The lowest BCUT2D eigenvalue weighted by molar-refractivity contribution is -0.129. The molecule has 0 radical (unpaired) electrons. The fourth-order valence-corrected chi connectivity index (χ4v) is 0.534. The van der Waals surface area contributed by atoms with Crippen molar-refractivity contribution in [2.75, 3.05) is 7.11 Å². The van der Waals surface area contributed by atoms with E-state index in [1.54, 1.807) is 0 Å². The summed E-state index contributed by atoms with van der Waals surface area (Å²) in [7, 11) is 1.17. The van der Waals surface area contributed by atoms with E-state index in [1.165, 1.54) is 7.11 Å². The van der Waals surface area contributed by atoms with Gasteiger partial charge in [-0.05, 0) is 6.42 Å². The first-order chi connectivity index (χ1) is 5.13. The van der Waals surface area contributed by atoms with Gasteiger partial charge in [-0.1, -0.05) is 6.92 Å². The molecule has 5 nitrogen and oxygen atoms in total. The number of nitrogens with zero attached hydrogens (tertiary/aromatic N) is 1. The fourth-order valence-electron chi connectivity index (χ4n) is 0.534. The van der Waals surface area contributed by atoms with E-state index in [9.17, 15) is 9.59 Å². The smallest absolute Gasteiger partial charge is 0.431 e. The predicted molar refractivity (Wildman–Crippen MR) is 38.3 cm³/mol. The number of hydrazine groups is 1. The van der Waals surface area contributed by atoms with Gasteiger partial charge < -0.3 is 4.74 Å². The van der Waals surface area contributed by atoms with Crippen LogP contribution in [0.3, 0.4) is 0 Å². The van der Waals surface area contributed by atoms with Crippen LogP contribution in [-0.2, 0) is 9.53 Å². The van der Waals surface area contributed by atoms with Gasteiger partial charge in [-0.15, -0.1) is 0 Å². The summed E-state index contributed by atoms with van der Waals surface area (Å²) in [6.07, 6.45) is 0.0817. The number of ether oxygens (including phenoxy) is 1. The van der Waals surface area contributed by atoms with Crippen LogP contribution < -0.4 is 5.84 Å². The van der Waals surface area contributed by atoms with Gasteiger partial charge in [-0.2, -0.15) is 5.01 Å². The molecule has 0 spiro atoms. The number of methoxy groups -OCH3 is 1. The molecule has 2 N–H and O–H groups in total. The summed E-state index contributed by atoms with van der Waals surface area (Å²) in [5.74, 6) is 4.64. The Hall–Kier alpha value is -1.10. The summed E-state index contributed by atoms with van der Waals surface area (Å²) < 4.78 is 4.22. The van der Waals surface area contributed by atoms with Crippen LogP contribution in [-0.4, -0.2) is 24.1 Å². The number of amides is 2. The van der Waals surface area contributed by atoms with Crippen LogP contribution in [0.1, 0.15) is 19.8 Å². The third-order valence-electron chi connectivity index (χ3n) is 1.10. The Kier molecular flexibility index (Phi) is 4.21. The quantitative estimate of drug-likeness (QED) is 0.357. The molecular weight excluding hydrogens is 148 g/mol. The number of rotatable bonds is 2. The first-order valence-electron chi connectivity index (χ1n) is 3.29. The molecule has 0 bridgehead atoms. The third-order valence-corrected chi connectivity index (χ3v) is 1.10. The van der Waals surface area contributed by atoms with Crippen molar-refractivity contribution in [1.82, 2.24) is 5.01 Å². The minimum atomic E-state index is -0.830. The molecule has 5 heteroatoms. The van der Waals surface area contributed by atoms with Gasteiger partial charge in [0, 0.05) is 6.42 Å². The van der Waals surface area contributed by atoms with Crippen LogP contribution in [0.2, 0.25) is 0 Å². The van der Waals surface area contributed by atoms with Gasteiger partial charge in [0.25, 0.3) is 0 Å². The molecule has 0 heterocycles. The first kappa shape index (κ1) is 9.90. The fraction of sp³-hybridized carbons (Fsp3) is 0.667. The summed E-state index contributed by atoms with van der Waals surface area (Å²) in [6, 6.07) is 0. The summed E-state index contributed by atoms with van der Waals surface area (Å²) in [5, 5.41) is 0.476. The van der Waals surface area contributed by atoms with E-state index in [0.717, 1.165) is 0 Å². The van der Waals surface area contributed by atoms with Gasteiger partial charge in [0.1, 0.15) is 0 Å². The monoisotopic (exact) mass is 160 g/mol. The Labute approximate surface area is 65.1 Å². The van der Waals surface area contributed by atoms with Gasteiger partial charge in [0.05, 0.1) is 7.11 Å². The molecule has 0 aliphatic heterocycles. The maximum Gasteiger partial charge on any atom is 0.431 e. The van der Waals surface area contributed by atoms with Gasteiger partial charge in [-0.25, -0.2) is 10.6 Å². The van der Waals surface area contributed by atoms with Crippen molar-refractivity contribution in [3.8, 4) is 0 Å². The lowest BCUT2D eigenvalue weighted by Gasteiger charge is -2.11. The normalized spacial score (nSPS) is 9.00. The van der Waals surface area contributed by atoms with Gasteiger partial charge in [0.15, 0.2) is 0 Å². The average Bonchev–Trinajstić information content (AvgIpc) is 2.02. The van der Waals surface area contributed by atoms with E-state index in [1.807, 2.05) is 6.92 Å². The maximum atomic E-state index is 10.8. The number of hydrogen-bond acceptors (Lipinski definition) is 4. The lowest BCUT2D eigenvalue weighted by Crippen LogP contribution is -2.42. The molecule has 0 aliphatic carbocycles. The molecule has 0 aromatic carbocycles. The number of hydrogen-bond donors (Lipinski definition) is 1. The Balaban J connectivity index is 3.91. The Morgan fingerprint density at radius 1 is 1.55 bits per heavy atom. The van der Waals surface area contributed by atoms with E-state index in [0.29, 0.717) is 11.4 Å². The van der Waals surface area contributed by atoms with Crippen LogP contribution in [0.15, 0.2) is 0 Å². The zero-order chi connectivity index (χ0) is 8.85. The molecule has 0 aromatic heterocycles. The van der Waals surface area contributed by atoms with E-state index in [4.69, 9.17) is 5.84 Å². The molecular formula is C6H12N2O3. The Morgan fingerprint density at radius 3 is 2.45 bits per heavy atom. The highest BCUT2D eigenvalue weighted by molar-refractivity contribution is 5.90. The molecule has 64 valence electrons. The second-order valence-corrected chi connectivity index (χ2v) is 1.98. The van der Waals surface area contributed by atoms with Crippen molar-refractivity contribution in [3.63, 3.8) is 0 Å². The van der Waals surface area contributed by atoms with Crippen molar-refractivity contribution in [1.29, 1.82) is 0 Å². The van der Waals surface area contributed by atoms with Crippen LogP contribution in [0.4, 0.5) is 4.79 Å². The van der Waals surface area contributed by atoms with Crippen LogP contribution in [0, 0.1) is 0 Å². The lowest BCUT2D eigenvalue weighted by atomic mass is 10.3. The Bertz CT molecular complexity index is 158. The zero-order valence-corrected chi connectivity index (χ0v) is 6.66. The van der Waals surface area contributed by atoms with Crippen molar-refractivity contribution in [2.45, 2.75) is 19.8 Å². The van der Waals surface area contributed by atoms with E-state index < -0.39 is 12.0 Å². The highest BCUT2D eigenvalue weighted by Gasteiger charge is 2.16. The SMILES string of the molecule is CCCC(=O)N(N)C(=O)OC. The molecule has 0 atom stereocenters. The molecule has 0 saturated carbocycles.